The normalized spacial score (nSPS) is 15.9. The van der Waals surface area contributed by atoms with Crippen molar-refractivity contribution in [2.24, 2.45) is 17.1 Å². The predicted octanol–water partition coefficient (Wildman–Crippen LogP) is 2.33. The lowest BCUT2D eigenvalue weighted by atomic mass is 9.80. The minimum atomic E-state index is -0.457. The van der Waals surface area contributed by atoms with Crippen molar-refractivity contribution >= 4 is 17.6 Å². The molecular weight excluding hydrogens is 316 g/mol. The number of nitrogens with two attached hydrogens (primary N) is 1. The van der Waals surface area contributed by atoms with Gasteiger partial charge in [-0.2, -0.15) is 0 Å². The number of rotatable bonds is 6. The van der Waals surface area contributed by atoms with Gasteiger partial charge in [0.25, 0.3) is 0 Å². The van der Waals surface area contributed by atoms with Gasteiger partial charge < -0.3 is 16.0 Å². The van der Waals surface area contributed by atoms with Crippen molar-refractivity contribution in [1.29, 1.82) is 0 Å². The molecule has 1 aromatic heterocycles. The molecule has 138 valence electrons. The van der Waals surface area contributed by atoms with Gasteiger partial charge >= 0.3 is 0 Å². The molecule has 0 bridgehead atoms. The molecule has 6 nitrogen and oxygen atoms in total. The van der Waals surface area contributed by atoms with Crippen LogP contribution in [0.1, 0.15) is 45.1 Å². The van der Waals surface area contributed by atoms with E-state index in [9.17, 15) is 9.59 Å². The molecule has 1 saturated heterocycles. The molecule has 1 aromatic rings. The van der Waals surface area contributed by atoms with Crippen LogP contribution in [0.5, 0.6) is 0 Å². The lowest BCUT2D eigenvalue weighted by Gasteiger charge is -2.38. The number of amides is 2. The van der Waals surface area contributed by atoms with Crippen molar-refractivity contribution in [1.82, 2.24) is 9.88 Å². The zero-order valence-corrected chi connectivity index (χ0v) is 15.5. The fourth-order valence-electron chi connectivity index (χ4n) is 3.38. The number of carbonyl (C=O) groups is 2. The standard InChI is InChI=1S/C19H30N4O2/c1-4-19(5-2,13-20)18(25)23-10-8-15(9-11-23)17(24)22-16-7-6-14(3)12-21-16/h6-7,12,15H,4-5,8-11,13,20H2,1-3H3,(H,21,22,24). The summed E-state index contributed by atoms with van der Waals surface area (Å²) in [4.78, 5) is 31.4. The number of aryl methyl sites for hydroxylation is 1. The first kappa shape index (κ1) is 19.4. The third-order valence-electron chi connectivity index (χ3n) is 5.51. The van der Waals surface area contributed by atoms with E-state index in [1.807, 2.05) is 37.8 Å². The summed E-state index contributed by atoms with van der Waals surface area (Å²) in [5, 5.41) is 2.87. The highest BCUT2D eigenvalue weighted by molar-refractivity contribution is 5.92. The molecule has 0 saturated carbocycles. The smallest absolute Gasteiger partial charge is 0.230 e. The molecule has 1 aliphatic rings. The van der Waals surface area contributed by atoms with E-state index in [2.05, 4.69) is 10.3 Å². The van der Waals surface area contributed by atoms with Gasteiger partial charge in [0.2, 0.25) is 11.8 Å². The van der Waals surface area contributed by atoms with Crippen LogP contribution in [-0.2, 0) is 9.59 Å². The minimum absolute atomic E-state index is 0.0143. The van der Waals surface area contributed by atoms with Crippen molar-refractivity contribution in [2.45, 2.75) is 46.5 Å². The first-order chi connectivity index (χ1) is 12.0. The summed E-state index contributed by atoms with van der Waals surface area (Å²) >= 11 is 0. The quantitative estimate of drug-likeness (QED) is 0.827. The highest BCUT2D eigenvalue weighted by atomic mass is 16.2. The maximum atomic E-state index is 12.8. The first-order valence-electron chi connectivity index (χ1n) is 9.18. The summed E-state index contributed by atoms with van der Waals surface area (Å²) in [6.45, 7) is 7.59. The lowest BCUT2D eigenvalue weighted by Crippen LogP contribution is -2.50. The number of aromatic nitrogens is 1. The molecule has 0 radical (unpaired) electrons. The molecule has 2 amide bonds. The Morgan fingerprint density at radius 2 is 1.92 bits per heavy atom. The second-order valence-electron chi connectivity index (χ2n) is 6.97. The van der Waals surface area contributed by atoms with Gasteiger partial charge in [0.05, 0.1) is 5.41 Å². The molecule has 2 heterocycles. The van der Waals surface area contributed by atoms with E-state index in [1.54, 1.807) is 6.20 Å². The molecule has 1 fully saturated rings. The molecule has 1 aliphatic heterocycles. The Kier molecular flexibility index (Phi) is 6.53. The number of hydrogen-bond acceptors (Lipinski definition) is 4. The SMILES string of the molecule is CCC(CC)(CN)C(=O)N1CCC(C(=O)Nc2ccc(C)cn2)CC1. The van der Waals surface area contributed by atoms with Crippen LogP contribution >= 0.6 is 0 Å². The van der Waals surface area contributed by atoms with E-state index in [4.69, 9.17) is 5.73 Å². The molecule has 2 rings (SSSR count). The Hall–Kier alpha value is -1.95. The Morgan fingerprint density at radius 1 is 1.28 bits per heavy atom. The summed E-state index contributed by atoms with van der Waals surface area (Å²) < 4.78 is 0. The van der Waals surface area contributed by atoms with Gasteiger partial charge in [-0.05, 0) is 44.2 Å². The number of likely N-dealkylation sites (tertiary alicyclic amines) is 1. The number of nitrogens with one attached hydrogen (secondary N) is 1. The van der Waals surface area contributed by atoms with Gasteiger partial charge in [-0.15, -0.1) is 0 Å². The Morgan fingerprint density at radius 3 is 2.40 bits per heavy atom. The van der Waals surface area contributed by atoms with Crippen LogP contribution in [0.15, 0.2) is 18.3 Å². The number of nitrogens with zero attached hydrogens (tertiary/aromatic N) is 2. The zero-order valence-electron chi connectivity index (χ0n) is 15.5. The van der Waals surface area contributed by atoms with Crippen LogP contribution in [-0.4, -0.2) is 41.3 Å². The van der Waals surface area contributed by atoms with Crippen molar-refractivity contribution in [2.75, 3.05) is 25.0 Å². The van der Waals surface area contributed by atoms with Gasteiger partial charge in [-0.1, -0.05) is 19.9 Å². The second-order valence-corrected chi connectivity index (χ2v) is 6.97. The lowest BCUT2D eigenvalue weighted by molar-refractivity contribution is -0.144. The van der Waals surface area contributed by atoms with Crippen LogP contribution in [0.3, 0.4) is 0 Å². The Balaban J connectivity index is 1.91. The highest BCUT2D eigenvalue weighted by Crippen LogP contribution is 2.30. The topological polar surface area (TPSA) is 88.3 Å². The van der Waals surface area contributed by atoms with Crippen molar-refractivity contribution < 1.29 is 9.59 Å². The van der Waals surface area contributed by atoms with E-state index in [-0.39, 0.29) is 17.7 Å². The third-order valence-corrected chi connectivity index (χ3v) is 5.51. The molecular formula is C19H30N4O2. The Bertz CT molecular complexity index is 580. The predicted molar refractivity (Wildman–Crippen MR) is 99.0 cm³/mol. The largest absolute Gasteiger partial charge is 0.342 e. The second kappa shape index (κ2) is 8.43. The molecule has 25 heavy (non-hydrogen) atoms. The number of piperidine rings is 1. The number of anilines is 1. The maximum absolute atomic E-state index is 12.8. The summed E-state index contributed by atoms with van der Waals surface area (Å²) in [5.41, 5.74) is 6.49. The van der Waals surface area contributed by atoms with E-state index in [0.717, 1.165) is 18.4 Å². The van der Waals surface area contributed by atoms with Gasteiger partial charge in [0, 0.05) is 31.7 Å². The van der Waals surface area contributed by atoms with Crippen LogP contribution in [0.25, 0.3) is 0 Å². The van der Waals surface area contributed by atoms with Gasteiger partial charge in [-0.25, -0.2) is 4.98 Å². The van der Waals surface area contributed by atoms with E-state index >= 15 is 0 Å². The van der Waals surface area contributed by atoms with Crippen molar-refractivity contribution in [3.63, 3.8) is 0 Å². The number of carbonyl (C=O) groups excluding carboxylic acids is 2. The number of pyridine rings is 1. The zero-order chi connectivity index (χ0) is 18.4. The molecule has 0 atom stereocenters. The van der Waals surface area contributed by atoms with E-state index < -0.39 is 5.41 Å². The summed E-state index contributed by atoms with van der Waals surface area (Å²) in [7, 11) is 0. The molecule has 0 unspecified atom stereocenters. The average Bonchev–Trinajstić information content (AvgIpc) is 2.65. The molecule has 6 heteroatoms. The van der Waals surface area contributed by atoms with Crippen molar-refractivity contribution in [3.8, 4) is 0 Å². The van der Waals surface area contributed by atoms with Crippen LogP contribution < -0.4 is 11.1 Å². The van der Waals surface area contributed by atoms with Crippen LogP contribution in [0.4, 0.5) is 5.82 Å². The maximum Gasteiger partial charge on any atom is 0.230 e. The average molecular weight is 346 g/mol. The monoisotopic (exact) mass is 346 g/mol. The fraction of sp³-hybridized carbons (Fsp3) is 0.632. The van der Waals surface area contributed by atoms with E-state index in [0.29, 0.717) is 38.3 Å². The summed E-state index contributed by atoms with van der Waals surface area (Å²) in [5.74, 6) is 0.620. The van der Waals surface area contributed by atoms with Crippen molar-refractivity contribution in [3.05, 3.63) is 23.9 Å². The van der Waals surface area contributed by atoms with Crippen LogP contribution in [0.2, 0.25) is 0 Å². The summed E-state index contributed by atoms with van der Waals surface area (Å²) in [6, 6.07) is 3.73. The molecule has 0 aromatic carbocycles. The van der Waals surface area contributed by atoms with Crippen LogP contribution in [0, 0.1) is 18.3 Å². The molecule has 0 spiro atoms. The molecule has 3 N–H and O–H groups in total. The van der Waals surface area contributed by atoms with Gasteiger partial charge in [0.15, 0.2) is 0 Å². The van der Waals surface area contributed by atoms with Gasteiger partial charge in [-0.3, -0.25) is 9.59 Å². The summed E-state index contributed by atoms with van der Waals surface area (Å²) in [6.07, 6.45) is 4.59. The first-order valence-corrected chi connectivity index (χ1v) is 9.18. The Labute approximate surface area is 150 Å². The fourth-order valence-corrected chi connectivity index (χ4v) is 3.38. The van der Waals surface area contributed by atoms with Gasteiger partial charge in [0.1, 0.15) is 5.82 Å². The molecule has 0 aliphatic carbocycles. The number of hydrogen-bond donors (Lipinski definition) is 2. The minimum Gasteiger partial charge on any atom is -0.342 e. The third kappa shape index (κ3) is 4.37. The van der Waals surface area contributed by atoms with E-state index in [1.165, 1.54) is 0 Å². The highest BCUT2D eigenvalue weighted by Gasteiger charge is 2.38.